The van der Waals surface area contributed by atoms with Crippen LogP contribution in [0.3, 0.4) is 0 Å². The van der Waals surface area contributed by atoms with E-state index in [0.717, 1.165) is 16.9 Å². The highest BCUT2D eigenvalue weighted by molar-refractivity contribution is 7.17. The van der Waals surface area contributed by atoms with Crippen LogP contribution in [0.15, 0.2) is 53.6 Å². The lowest BCUT2D eigenvalue weighted by Gasteiger charge is -1.99. The van der Waals surface area contributed by atoms with E-state index in [1.807, 2.05) is 24.3 Å². The SMILES string of the molecule is COc1ccc(/C=N/NC(=O)c2sc(-c3ccc(F)cc3)nc2C)cc1. The van der Waals surface area contributed by atoms with Crippen LogP contribution in [0.4, 0.5) is 4.39 Å². The van der Waals surface area contributed by atoms with E-state index < -0.39 is 0 Å². The van der Waals surface area contributed by atoms with E-state index in [0.29, 0.717) is 15.6 Å². The van der Waals surface area contributed by atoms with E-state index >= 15 is 0 Å². The van der Waals surface area contributed by atoms with E-state index in [4.69, 9.17) is 4.74 Å². The van der Waals surface area contributed by atoms with E-state index in [1.165, 1.54) is 23.5 Å². The van der Waals surface area contributed by atoms with Crippen molar-refractivity contribution >= 4 is 23.5 Å². The lowest BCUT2D eigenvalue weighted by atomic mass is 10.2. The molecule has 0 radical (unpaired) electrons. The molecule has 5 nitrogen and oxygen atoms in total. The summed E-state index contributed by atoms with van der Waals surface area (Å²) < 4.78 is 18.1. The van der Waals surface area contributed by atoms with Crippen molar-refractivity contribution < 1.29 is 13.9 Å². The van der Waals surface area contributed by atoms with Gasteiger partial charge in [-0.3, -0.25) is 4.79 Å². The minimum Gasteiger partial charge on any atom is -0.497 e. The van der Waals surface area contributed by atoms with Crippen molar-refractivity contribution in [2.24, 2.45) is 5.10 Å². The first-order chi connectivity index (χ1) is 12.6. The van der Waals surface area contributed by atoms with Crippen LogP contribution in [0.1, 0.15) is 20.9 Å². The number of ether oxygens (including phenoxy) is 1. The maximum absolute atomic E-state index is 13.0. The molecule has 0 atom stereocenters. The maximum atomic E-state index is 13.0. The molecule has 1 amide bonds. The molecular weight excluding hydrogens is 353 g/mol. The van der Waals surface area contributed by atoms with Gasteiger partial charge in [-0.15, -0.1) is 11.3 Å². The molecule has 1 heterocycles. The van der Waals surface area contributed by atoms with Crippen molar-refractivity contribution in [3.8, 4) is 16.3 Å². The molecule has 0 aliphatic carbocycles. The quantitative estimate of drug-likeness (QED) is 0.545. The minimum absolute atomic E-state index is 0.312. The summed E-state index contributed by atoms with van der Waals surface area (Å²) in [5.74, 6) is 0.103. The lowest BCUT2D eigenvalue weighted by Crippen LogP contribution is -2.17. The zero-order valence-electron chi connectivity index (χ0n) is 14.2. The molecule has 132 valence electrons. The van der Waals surface area contributed by atoms with Crippen molar-refractivity contribution in [3.05, 3.63) is 70.5 Å². The minimum atomic E-state index is -0.335. The largest absolute Gasteiger partial charge is 0.497 e. The predicted molar refractivity (Wildman–Crippen MR) is 100 cm³/mol. The Morgan fingerprint density at radius 3 is 2.54 bits per heavy atom. The molecule has 3 aromatic rings. The first-order valence-electron chi connectivity index (χ1n) is 7.77. The number of nitrogens with one attached hydrogen (secondary N) is 1. The molecule has 0 unspecified atom stereocenters. The van der Waals surface area contributed by atoms with Gasteiger partial charge in [0.1, 0.15) is 21.5 Å². The molecule has 3 rings (SSSR count). The number of hydrazone groups is 1. The summed E-state index contributed by atoms with van der Waals surface area (Å²) in [6.45, 7) is 1.76. The molecule has 0 bridgehead atoms. The Bertz CT molecular complexity index is 934. The molecule has 0 aliphatic rings. The molecule has 0 saturated heterocycles. The number of aryl methyl sites for hydroxylation is 1. The van der Waals surface area contributed by atoms with Crippen LogP contribution in [-0.2, 0) is 0 Å². The smallest absolute Gasteiger partial charge is 0.283 e. The zero-order valence-corrected chi connectivity index (χ0v) is 15.0. The summed E-state index contributed by atoms with van der Waals surface area (Å²) >= 11 is 1.24. The Morgan fingerprint density at radius 1 is 1.19 bits per heavy atom. The zero-order chi connectivity index (χ0) is 18.5. The number of methoxy groups -OCH3 is 1. The second kappa shape index (κ2) is 7.88. The van der Waals surface area contributed by atoms with Crippen LogP contribution < -0.4 is 10.2 Å². The summed E-state index contributed by atoms with van der Waals surface area (Å²) in [5, 5.41) is 4.63. The van der Waals surface area contributed by atoms with Gasteiger partial charge in [-0.2, -0.15) is 5.10 Å². The van der Waals surface area contributed by atoms with Gasteiger partial charge in [0.15, 0.2) is 0 Å². The molecule has 0 aliphatic heterocycles. The number of amides is 1. The highest BCUT2D eigenvalue weighted by Gasteiger charge is 2.15. The van der Waals surface area contributed by atoms with Gasteiger partial charge in [-0.1, -0.05) is 0 Å². The number of carbonyl (C=O) groups excluding carboxylic acids is 1. The summed E-state index contributed by atoms with van der Waals surface area (Å²) in [5.41, 5.74) is 4.70. The van der Waals surface area contributed by atoms with Crippen molar-refractivity contribution in [1.82, 2.24) is 10.4 Å². The first-order valence-corrected chi connectivity index (χ1v) is 8.59. The number of aromatic nitrogens is 1. The van der Waals surface area contributed by atoms with Crippen LogP contribution in [-0.4, -0.2) is 24.2 Å². The van der Waals surface area contributed by atoms with Gasteiger partial charge in [0.05, 0.1) is 19.0 Å². The van der Waals surface area contributed by atoms with Gasteiger partial charge < -0.3 is 4.74 Å². The predicted octanol–water partition coefficient (Wildman–Crippen LogP) is 4.03. The van der Waals surface area contributed by atoms with Crippen LogP contribution in [0.5, 0.6) is 5.75 Å². The molecule has 26 heavy (non-hydrogen) atoms. The highest BCUT2D eigenvalue weighted by Crippen LogP contribution is 2.28. The fourth-order valence-corrected chi connectivity index (χ4v) is 3.19. The number of halogens is 1. The molecule has 7 heteroatoms. The van der Waals surface area contributed by atoms with E-state index in [1.54, 1.807) is 32.4 Å². The monoisotopic (exact) mass is 369 g/mol. The Morgan fingerprint density at radius 2 is 1.88 bits per heavy atom. The second-order valence-electron chi connectivity index (χ2n) is 5.41. The third-order valence-corrected chi connectivity index (χ3v) is 4.79. The summed E-state index contributed by atoms with van der Waals surface area (Å²) in [7, 11) is 1.60. The summed E-state index contributed by atoms with van der Waals surface area (Å²) in [4.78, 5) is 17.2. The number of benzene rings is 2. The number of rotatable bonds is 5. The van der Waals surface area contributed by atoms with Gasteiger partial charge in [0.25, 0.3) is 5.91 Å². The average Bonchev–Trinajstić information content (AvgIpc) is 3.04. The molecule has 2 aromatic carbocycles. The van der Waals surface area contributed by atoms with Gasteiger partial charge in [0.2, 0.25) is 0 Å². The Kier molecular flexibility index (Phi) is 5.38. The lowest BCUT2D eigenvalue weighted by molar-refractivity contribution is 0.0958. The number of thiazole rings is 1. The van der Waals surface area contributed by atoms with Crippen LogP contribution in [0.2, 0.25) is 0 Å². The third kappa shape index (κ3) is 4.12. The molecule has 0 fully saturated rings. The van der Waals surface area contributed by atoms with Gasteiger partial charge in [-0.25, -0.2) is 14.8 Å². The molecule has 0 spiro atoms. The van der Waals surface area contributed by atoms with Crippen molar-refractivity contribution in [2.45, 2.75) is 6.92 Å². The molecule has 0 saturated carbocycles. The van der Waals surface area contributed by atoms with Crippen LogP contribution in [0.25, 0.3) is 10.6 Å². The number of nitrogens with zero attached hydrogens (tertiary/aromatic N) is 2. The normalized spacial score (nSPS) is 10.9. The van der Waals surface area contributed by atoms with Crippen LogP contribution >= 0.6 is 11.3 Å². The highest BCUT2D eigenvalue weighted by atomic mass is 32.1. The van der Waals surface area contributed by atoms with E-state index in [9.17, 15) is 9.18 Å². The average molecular weight is 369 g/mol. The number of hydrogen-bond acceptors (Lipinski definition) is 5. The standard InChI is InChI=1S/C19H16FN3O2S/c1-12-17(26-19(22-12)14-5-7-15(20)8-6-14)18(24)23-21-11-13-3-9-16(25-2)10-4-13/h3-11H,1-2H3,(H,23,24)/b21-11+. The summed E-state index contributed by atoms with van der Waals surface area (Å²) in [6, 6.07) is 13.3. The van der Waals surface area contributed by atoms with Crippen molar-refractivity contribution in [1.29, 1.82) is 0 Å². The second-order valence-corrected chi connectivity index (χ2v) is 6.41. The fourth-order valence-electron chi connectivity index (χ4n) is 2.23. The Hall–Kier alpha value is -3.06. The van der Waals surface area contributed by atoms with E-state index in [2.05, 4.69) is 15.5 Å². The van der Waals surface area contributed by atoms with Gasteiger partial charge >= 0.3 is 0 Å². The van der Waals surface area contributed by atoms with Gasteiger partial charge in [-0.05, 0) is 61.0 Å². The Labute approximate surface area is 154 Å². The van der Waals surface area contributed by atoms with Gasteiger partial charge in [0, 0.05) is 5.56 Å². The molecule has 1 N–H and O–H groups in total. The maximum Gasteiger partial charge on any atom is 0.283 e. The summed E-state index contributed by atoms with van der Waals surface area (Å²) in [6.07, 6.45) is 1.55. The van der Waals surface area contributed by atoms with Crippen molar-refractivity contribution in [3.63, 3.8) is 0 Å². The fraction of sp³-hybridized carbons (Fsp3) is 0.105. The van der Waals surface area contributed by atoms with E-state index in [-0.39, 0.29) is 11.7 Å². The topological polar surface area (TPSA) is 63.6 Å². The molecular formula is C19H16FN3O2S. The first kappa shape index (κ1) is 17.8. The third-order valence-electron chi connectivity index (χ3n) is 3.59. The van der Waals surface area contributed by atoms with Crippen LogP contribution in [0, 0.1) is 12.7 Å². The molecule has 1 aromatic heterocycles. The number of carbonyl (C=O) groups is 1. The number of hydrogen-bond donors (Lipinski definition) is 1. The van der Waals surface area contributed by atoms with Crippen molar-refractivity contribution in [2.75, 3.05) is 7.11 Å². The Balaban J connectivity index is 1.69.